The molecule has 1 N–H and O–H groups in total. The van der Waals surface area contributed by atoms with Crippen LogP contribution in [0.2, 0.25) is 5.02 Å². The van der Waals surface area contributed by atoms with E-state index in [-0.39, 0.29) is 12.1 Å². The number of nitrogens with one attached hydrogen (secondary N) is 1. The summed E-state index contributed by atoms with van der Waals surface area (Å²) in [5.41, 5.74) is 4.00. The van der Waals surface area contributed by atoms with Crippen molar-refractivity contribution in [1.82, 2.24) is 4.98 Å². The Kier molecular flexibility index (Phi) is 5.92. The number of carbonyl (C=O) groups is 1. The number of nitrogens with zero attached hydrogens (tertiary/aromatic N) is 1. The lowest BCUT2D eigenvalue weighted by Gasteiger charge is -2.36. The zero-order chi connectivity index (χ0) is 22.4. The molecule has 2 fully saturated rings. The fourth-order valence-electron chi connectivity index (χ4n) is 6.32. The van der Waals surface area contributed by atoms with Gasteiger partial charge in [-0.15, -0.1) is 0 Å². The molecule has 4 unspecified atom stereocenters. The Bertz CT molecular complexity index is 1020. The molecule has 5 rings (SSSR count). The van der Waals surface area contributed by atoms with Crippen LogP contribution in [0, 0.1) is 17.8 Å². The van der Waals surface area contributed by atoms with Crippen molar-refractivity contribution in [3.8, 4) is 0 Å². The third-order valence-corrected chi connectivity index (χ3v) is 8.17. The van der Waals surface area contributed by atoms with Crippen molar-refractivity contribution in [3.63, 3.8) is 0 Å². The minimum atomic E-state index is -0.180. The first-order valence-electron chi connectivity index (χ1n) is 12.2. The fourth-order valence-corrected chi connectivity index (χ4v) is 6.51. The standard InChI is InChI=1S/C27H33ClN2O2/c1-15(2)21-10-7-16(3)11-23(21)32-27(31)22-14-29-26(30-20-6-4-5-19(28)13-20)25-18-9-8-17(12-18)24(22)25/h4-6,13-18,21,23H,7-12H2,1-3H3,(H,29,30)/t16?,17-,18?,21?,23?/m1/s1. The highest BCUT2D eigenvalue weighted by Gasteiger charge is 2.43. The highest BCUT2D eigenvalue weighted by Crippen LogP contribution is 2.56. The SMILES string of the molecule is CC1CCC(C(C)C)C(OC(=O)c2cnc(Nc3cccc(Cl)c3)c3c2[C@@H]2CCC3C2)C1. The Balaban J connectivity index is 1.44. The van der Waals surface area contributed by atoms with E-state index in [9.17, 15) is 4.79 Å². The summed E-state index contributed by atoms with van der Waals surface area (Å²) < 4.78 is 6.21. The van der Waals surface area contributed by atoms with Gasteiger partial charge in [0.1, 0.15) is 11.9 Å². The number of pyridine rings is 1. The number of ether oxygens (including phenoxy) is 1. The van der Waals surface area contributed by atoms with E-state index in [1.54, 1.807) is 6.20 Å². The number of hydrogen-bond acceptors (Lipinski definition) is 4. The molecule has 2 bridgehead atoms. The molecule has 32 heavy (non-hydrogen) atoms. The Hall–Kier alpha value is -2.07. The fraction of sp³-hybridized carbons (Fsp3) is 0.556. The van der Waals surface area contributed by atoms with Gasteiger partial charge in [0.25, 0.3) is 0 Å². The zero-order valence-electron chi connectivity index (χ0n) is 19.2. The number of anilines is 2. The summed E-state index contributed by atoms with van der Waals surface area (Å²) in [6.45, 7) is 6.76. The molecular formula is C27H33ClN2O2. The maximum atomic E-state index is 13.4. The molecular weight excluding hydrogens is 420 g/mol. The molecule has 170 valence electrons. The summed E-state index contributed by atoms with van der Waals surface area (Å²) in [5.74, 6) is 3.15. The second-order valence-corrected chi connectivity index (χ2v) is 10.9. The summed E-state index contributed by atoms with van der Waals surface area (Å²) in [7, 11) is 0. The average Bonchev–Trinajstić information content (AvgIpc) is 3.36. The number of rotatable bonds is 5. The van der Waals surface area contributed by atoms with Crippen LogP contribution in [0.4, 0.5) is 11.5 Å². The van der Waals surface area contributed by atoms with Gasteiger partial charge in [-0.1, -0.05) is 44.9 Å². The highest BCUT2D eigenvalue weighted by molar-refractivity contribution is 6.30. The van der Waals surface area contributed by atoms with Crippen LogP contribution in [0.25, 0.3) is 0 Å². The predicted octanol–water partition coefficient (Wildman–Crippen LogP) is 7.46. The topological polar surface area (TPSA) is 51.2 Å². The number of hydrogen-bond donors (Lipinski definition) is 1. The van der Waals surface area contributed by atoms with Crippen LogP contribution >= 0.6 is 11.6 Å². The first kappa shape index (κ1) is 21.8. The predicted molar refractivity (Wildman–Crippen MR) is 129 cm³/mol. The largest absolute Gasteiger partial charge is 0.458 e. The van der Waals surface area contributed by atoms with E-state index in [2.05, 4.69) is 26.1 Å². The van der Waals surface area contributed by atoms with Gasteiger partial charge < -0.3 is 10.1 Å². The Morgan fingerprint density at radius 3 is 2.66 bits per heavy atom. The minimum absolute atomic E-state index is 0.00440. The molecule has 1 aromatic heterocycles. The molecule has 2 saturated carbocycles. The Morgan fingerprint density at radius 1 is 1.12 bits per heavy atom. The van der Waals surface area contributed by atoms with Gasteiger partial charge in [0.15, 0.2) is 0 Å². The average molecular weight is 453 g/mol. The molecule has 5 atom stereocenters. The van der Waals surface area contributed by atoms with Gasteiger partial charge in [-0.05, 0) is 85.5 Å². The van der Waals surface area contributed by atoms with E-state index in [0.717, 1.165) is 43.6 Å². The van der Waals surface area contributed by atoms with Gasteiger partial charge in [0.2, 0.25) is 0 Å². The first-order valence-corrected chi connectivity index (χ1v) is 12.5. The molecule has 1 heterocycles. The number of esters is 1. The molecule has 0 spiro atoms. The number of carbonyl (C=O) groups excluding carboxylic acids is 1. The number of halogens is 1. The van der Waals surface area contributed by atoms with Crippen LogP contribution in [-0.2, 0) is 4.74 Å². The minimum Gasteiger partial charge on any atom is -0.458 e. The lowest BCUT2D eigenvalue weighted by molar-refractivity contribution is -0.0175. The van der Waals surface area contributed by atoms with Crippen molar-refractivity contribution in [3.05, 3.63) is 52.2 Å². The maximum Gasteiger partial charge on any atom is 0.340 e. The van der Waals surface area contributed by atoms with Gasteiger partial charge in [0, 0.05) is 22.5 Å². The van der Waals surface area contributed by atoms with Crippen LogP contribution < -0.4 is 5.32 Å². The highest BCUT2D eigenvalue weighted by atomic mass is 35.5. The van der Waals surface area contributed by atoms with Gasteiger partial charge >= 0.3 is 5.97 Å². The summed E-state index contributed by atoms with van der Waals surface area (Å²) in [6, 6.07) is 7.69. The Labute approximate surface area is 196 Å². The summed E-state index contributed by atoms with van der Waals surface area (Å²) >= 11 is 6.17. The third-order valence-electron chi connectivity index (χ3n) is 7.93. The quantitative estimate of drug-likeness (QED) is 0.478. The van der Waals surface area contributed by atoms with Gasteiger partial charge in [-0.2, -0.15) is 0 Å². The van der Waals surface area contributed by atoms with Gasteiger partial charge in [-0.25, -0.2) is 9.78 Å². The second kappa shape index (κ2) is 8.70. The van der Waals surface area contributed by atoms with Crippen molar-refractivity contribution < 1.29 is 9.53 Å². The smallest absolute Gasteiger partial charge is 0.340 e. The molecule has 0 aliphatic heterocycles. The first-order chi connectivity index (χ1) is 15.4. The van der Waals surface area contributed by atoms with Crippen molar-refractivity contribution >= 4 is 29.1 Å². The molecule has 4 nitrogen and oxygen atoms in total. The third kappa shape index (κ3) is 4.03. The molecule has 5 heteroatoms. The van der Waals surface area contributed by atoms with Gasteiger partial charge in [-0.3, -0.25) is 0 Å². The van der Waals surface area contributed by atoms with Gasteiger partial charge in [0.05, 0.1) is 5.56 Å². The van der Waals surface area contributed by atoms with E-state index in [0.29, 0.717) is 40.2 Å². The summed E-state index contributed by atoms with van der Waals surface area (Å²) in [6.07, 6.45) is 8.49. The summed E-state index contributed by atoms with van der Waals surface area (Å²) in [5, 5.41) is 4.15. The van der Waals surface area contributed by atoms with E-state index in [1.807, 2.05) is 24.3 Å². The van der Waals surface area contributed by atoms with E-state index in [1.165, 1.54) is 17.5 Å². The second-order valence-electron chi connectivity index (χ2n) is 10.5. The monoisotopic (exact) mass is 452 g/mol. The van der Waals surface area contributed by atoms with E-state index >= 15 is 0 Å². The van der Waals surface area contributed by atoms with Crippen molar-refractivity contribution in [2.75, 3.05) is 5.32 Å². The number of aromatic nitrogens is 1. The van der Waals surface area contributed by atoms with E-state index < -0.39 is 0 Å². The molecule has 0 amide bonds. The van der Waals surface area contributed by atoms with E-state index in [4.69, 9.17) is 21.3 Å². The molecule has 0 radical (unpaired) electrons. The van der Waals surface area contributed by atoms with Crippen molar-refractivity contribution in [1.29, 1.82) is 0 Å². The molecule has 2 aromatic rings. The normalized spacial score (nSPS) is 28.6. The van der Waals surface area contributed by atoms with Crippen LogP contribution in [0.3, 0.4) is 0 Å². The summed E-state index contributed by atoms with van der Waals surface area (Å²) in [4.78, 5) is 18.2. The van der Waals surface area contributed by atoms with Crippen molar-refractivity contribution in [2.45, 2.75) is 77.2 Å². The molecule has 3 aliphatic carbocycles. The van der Waals surface area contributed by atoms with Crippen LogP contribution in [0.5, 0.6) is 0 Å². The molecule has 0 saturated heterocycles. The molecule has 1 aromatic carbocycles. The Morgan fingerprint density at radius 2 is 1.91 bits per heavy atom. The lowest BCUT2D eigenvalue weighted by atomic mass is 9.75. The van der Waals surface area contributed by atoms with Crippen LogP contribution in [0.15, 0.2) is 30.5 Å². The number of benzene rings is 1. The number of fused-ring (bicyclic) bond motifs is 5. The van der Waals surface area contributed by atoms with Crippen molar-refractivity contribution in [2.24, 2.45) is 17.8 Å². The maximum absolute atomic E-state index is 13.4. The lowest BCUT2D eigenvalue weighted by Crippen LogP contribution is -2.36. The van der Waals surface area contributed by atoms with Crippen LogP contribution in [0.1, 0.15) is 92.6 Å². The molecule has 3 aliphatic rings. The van der Waals surface area contributed by atoms with Crippen LogP contribution in [-0.4, -0.2) is 17.1 Å². The zero-order valence-corrected chi connectivity index (χ0v) is 20.0.